The van der Waals surface area contributed by atoms with Crippen molar-refractivity contribution in [1.82, 2.24) is 0 Å². The van der Waals surface area contributed by atoms with E-state index < -0.39 is 16.8 Å². The van der Waals surface area contributed by atoms with Gasteiger partial charge in [-0.25, -0.2) is 0 Å². The van der Waals surface area contributed by atoms with Crippen LogP contribution < -0.4 is 5.32 Å². The Morgan fingerprint density at radius 3 is 2.62 bits per heavy atom. The van der Waals surface area contributed by atoms with Crippen LogP contribution in [0.1, 0.15) is 70.8 Å². The number of anilines is 1. The van der Waals surface area contributed by atoms with Gasteiger partial charge in [0.25, 0.3) is 0 Å². The molecule has 2 saturated carbocycles. The number of hydrogen-bond donors (Lipinski definition) is 2. The average Bonchev–Trinajstić information content (AvgIpc) is 3.23. The third-order valence-electron chi connectivity index (χ3n) is 10.2. The lowest BCUT2D eigenvalue weighted by Gasteiger charge is -2.55. The van der Waals surface area contributed by atoms with E-state index in [0.717, 1.165) is 31.4 Å². The smallest absolute Gasteiger partial charge is 0.303 e. The summed E-state index contributed by atoms with van der Waals surface area (Å²) in [5, 5.41) is 12.9. The molecular weight excluding hydrogens is 490 g/mol. The Balaban J connectivity index is 1.69. The fourth-order valence-electron chi connectivity index (χ4n) is 8.37. The van der Waals surface area contributed by atoms with Gasteiger partial charge in [0.15, 0.2) is 18.2 Å². The van der Waals surface area contributed by atoms with E-state index in [0.29, 0.717) is 12.8 Å². The van der Waals surface area contributed by atoms with Crippen LogP contribution >= 0.6 is 0 Å². The highest BCUT2D eigenvalue weighted by Gasteiger charge is 2.65. The van der Waals surface area contributed by atoms with Gasteiger partial charge in [-0.2, -0.15) is 0 Å². The normalized spacial score (nSPS) is 33.2. The number of benzene rings is 1. The number of carbonyl (C=O) groups is 3. The summed E-state index contributed by atoms with van der Waals surface area (Å²) in [6.45, 7) is 5.12. The minimum atomic E-state index is -1.00. The number of ether oxygens (including phenoxy) is 1. The van der Waals surface area contributed by atoms with Gasteiger partial charge in [0.05, 0.1) is 5.41 Å². The molecule has 6 atom stereocenters. The first kappa shape index (κ1) is 27.4. The van der Waals surface area contributed by atoms with E-state index >= 15 is 0 Å². The molecule has 39 heavy (non-hydrogen) atoms. The maximum atomic E-state index is 13.9. The molecule has 0 amide bonds. The van der Waals surface area contributed by atoms with Crippen molar-refractivity contribution >= 4 is 23.2 Å². The fraction of sp³-hybridized carbons (Fsp3) is 0.545. The van der Waals surface area contributed by atoms with Crippen LogP contribution in [-0.4, -0.2) is 42.9 Å². The van der Waals surface area contributed by atoms with Crippen LogP contribution in [0.15, 0.2) is 47.1 Å². The number of aliphatic hydroxyl groups excluding tert-OH is 1. The Morgan fingerprint density at radius 1 is 1.21 bits per heavy atom. The molecule has 6 heteroatoms. The van der Waals surface area contributed by atoms with Crippen molar-refractivity contribution in [2.45, 2.75) is 65.2 Å². The Kier molecular flexibility index (Phi) is 7.33. The fourth-order valence-corrected chi connectivity index (χ4v) is 8.37. The highest BCUT2D eigenvalue weighted by Crippen LogP contribution is 2.70. The highest BCUT2D eigenvalue weighted by molar-refractivity contribution is 5.93. The molecule has 6 nitrogen and oxygen atoms in total. The van der Waals surface area contributed by atoms with Crippen molar-refractivity contribution in [2.75, 3.05) is 25.6 Å². The molecule has 2 fully saturated rings. The minimum Gasteiger partial charge on any atom is -0.458 e. The van der Waals surface area contributed by atoms with E-state index in [4.69, 9.17) is 4.74 Å². The number of rotatable bonds is 5. The van der Waals surface area contributed by atoms with Crippen molar-refractivity contribution < 1.29 is 24.2 Å². The number of nitrogens with one attached hydrogen (secondary N) is 1. The van der Waals surface area contributed by atoms with E-state index in [-0.39, 0.29) is 48.5 Å². The topological polar surface area (TPSA) is 92.7 Å². The monoisotopic (exact) mass is 529 g/mol. The molecule has 1 aromatic rings. The van der Waals surface area contributed by atoms with Gasteiger partial charge in [-0.05, 0) is 90.2 Å². The number of fused-ring (bicyclic) bond motifs is 4. The van der Waals surface area contributed by atoms with Gasteiger partial charge in [0.2, 0.25) is 0 Å². The van der Waals surface area contributed by atoms with Gasteiger partial charge in [0.1, 0.15) is 6.61 Å². The summed E-state index contributed by atoms with van der Waals surface area (Å²) in [7, 11) is 1.90. The first-order valence-corrected chi connectivity index (χ1v) is 14.2. The first-order chi connectivity index (χ1) is 18.6. The number of Topliss-reactive ketones (excluding diaryl/α,β-unsaturated/α-hetero) is 1. The molecule has 0 heterocycles. The highest BCUT2D eigenvalue weighted by atomic mass is 16.5. The molecular formula is C33H39NO5. The predicted molar refractivity (Wildman–Crippen MR) is 150 cm³/mol. The third kappa shape index (κ3) is 4.45. The number of esters is 1. The van der Waals surface area contributed by atoms with E-state index in [1.54, 1.807) is 0 Å². The molecule has 0 radical (unpaired) electrons. The second kappa shape index (κ2) is 10.4. The lowest BCUT2D eigenvalue weighted by Crippen LogP contribution is -2.52. The quantitative estimate of drug-likeness (QED) is 0.413. The predicted octanol–water partition coefficient (Wildman–Crippen LogP) is 4.99. The van der Waals surface area contributed by atoms with Gasteiger partial charge in [-0.1, -0.05) is 43.4 Å². The second-order valence-corrected chi connectivity index (χ2v) is 12.0. The summed E-state index contributed by atoms with van der Waals surface area (Å²) in [6.07, 6.45) is 6.30. The summed E-state index contributed by atoms with van der Waals surface area (Å²) in [5.41, 5.74) is 4.77. The van der Waals surface area contributed by atoms with Gasteiger partial charge < -0.3 is 15.2 Å². The van der Waals surface area contributed by atoms with Crippen LogP contribution in [-0.2, 0) is 19.1 Å². The summed E-state index contributed by atoms with van der Waals surface area (Å²) >= 11 is 0. The molecule has 0 bridgehead atoms. The van der Waals surface area contributed by atoms with Gasteiger partial charge >= 0.3 is 5.97 Å². The molecule has 0 aliphatic heterocycles. The molecule has 2 N–H and O–H groups in total. The maximum Gasteiger partial charge on any atom is 0.303 e. The summed E-state index contributed by atoms with van der Waals surface area (Å²) in [6, 6.07) is 8.54. The summed E-state index contributed by atoms with van der Waals surface area (Å²) in [4.78, 5) is 38.0. The zero-order chi connectivity index (χ0) is 27.9. The van der Waals surface area contributed by atoms with Crippen molar-refractivity contribution in [3.8, 4) is 11.8 Å². The van der Waals surface area contributed by atoms with E-state index in [9.17, 15) is 19.5 Å². The number of ketones is 2. The van der Waals surface area contributed by atoms with Crippen molar-refractivity contribution in [2.24, 2.45) is 28.6 Å². The number of carbonyl (C=O) groups excluding carboxylic acids is 3. The molecule has 2 unspecified atom stereocenters. The molecule has 1 aromatic carbocycles. The van der Waals surface area contributed by atoms with E-state index in [1.165, 1.54) is 29.2 Å². The Hall–Kier alpha value is -3.17. The zero-order valence-corrected chi connectivity index (χ0v) is 23.4. The molecule has 4 aliphatic carbocycles. The minimum absolute atomic E-state index is 0.0798. The van der Waals surface area contributed by atoms with Gasteiger partial charge in [-0.3, -0.25) is 14.4 Å². The first-order valence-electron chi connectivity index (χ1n) is 14.2. The molecule has 5 rings (SSSR count). The number of hydrogen-bond acceptors (Lipinski definition) is 6. The van der Waals surface area contributed by atoms with Crippen LogP contribution in [0.25, 0.3) is 0 Å². The Labute approximate surface area is 231 Å². The standard InChI is InChI=1S/C33H39NO5/c1-20-16-27-29-12-14-33(13-5-15-35,30(38)19-39-21(2)36)32(29,3)18-28(22-6-8-23(34-4)9-7-22)31(27)25-11-10-24(37)17-26(20)25/h6-9,17,20,27-29,34-35H,10-12,14-16,18-19H2,1-4H3/t20?,27-,28?,29-,32-,33+/m0/s1. The van der Waals surface area contributed by atoms with Crippen molar-refractivity contribution in [3.63, 3.8) is 0 Å². The molecule has 206 valence electrons. The number of aliphatic hydroxyl groups is 1. The molecule has 0 saturated heterocycles. The maximum absolute atomic E-state index is 13.9. The SMILES string of the molecule is CNc1ccc(C2C[C@@]3(C)[C@@H](CC[C@]3(C#CCO)C(=O)COC(C)=O)[C@@H]3CC(C)C4=CC(=O)CCC4=C23)cc1. The van der Waals surface area contributed by atoms with Crippen molar-refractivity contribution in [3.05, 3.63) is 52.6 Å². The summed E-state index contributed by atoms with van der Waals surface area (Å²) < 4.78 is 5.21. The van der Waals surface area contributed by atoms with Gasteiger partial charge in [0, 0.05) is 32.0 Å². The van der Waals surface area contributed by atoms with Gasteiger partial charge in [-0.15, -0.1) is 0 Å². The third-order valence-corrected chi connectivity index (χ3v) is 10.2. The van der Waals surface area contributed by atoms with Crippen LogP contribution in [0.5, 0.6) is 0 Å². The second-order valence-electron chi connectivity index (χ2n) is 12.0. The van der Waals surface area contributed by atoms with Crippen LogP contribution in [0.2, 0.25) is 0 Å². The van der Waals surface area contributed by atoms with Crippen LogP contribution in [0, 0.1) is 40.4 Å². The number of allylic oxidation sites excluding steroid dienone is 4. The van der Waals surface area contributed by atoms with Crippen LogP contribution in [0.3, 0.4) is 0 Å². The zero-order valence-electron chi connectivity index (χ0n) is 23.4. The van der Waals surface area contributed by atoms with Crippen molar-refractivity contribution in [1.29, 1.82) is 0 Å². The van der Waals surface area contributed by atoms with E-state index in [1.807, 2.05) is 13.1 Å². The largest absolute Gasteiger partial charge is 0.458 e. The van der Waals surface area contributed by atoms with Crippen LogP contribution in [0.4, 0.5) is 5.69 Å². The molecule has 0 aromatic heterocycles. The molecule has 0 spiro atoms. The lowest BCUT2D eigenvalue weighted by molar-refractivity contribution is -0.150. The average molecular weight is 530 g/mol. The Bertz CT molecular complexity index is 1310. The Morgan fingerprint density at radius 2 is 1.95 bits per heavy atom. The summed E-state index contributed by atoms with van der Waals surface area (Å²) in [5.74, 6) is 6.48. The lowest BCUT2D eigenvalue weighted by atomic mass is 9.47. The molecule has 4 aliphatic rings. The van der Waals surface area contributed by atoms with E-state index in [2.05, 4.69) is 55.3 Å².